The molecule has 0 aliphatic carbocycles. The number of hydrogen-bond acceptors (Lipinski definition) is 6. The zero-order valence-corrected chi connectivity index (χ0v) is 15.2. The molecule has 0 spiro atoms. The van der Waals surface area contributed by atoms with Crippen LogP contribution in [0.3, 0.4) is 0 Å². The second kappa shape index (κ2) is 9.42. The minimum absolute atomic E-state index is 0.0867. The number of carbonyl (C=O) groups excluding carboxylic acids is 2. The molecule has 1 N–H and O–H groups in total. The van der Waals surface area contributed by atoms with E-state index in [4.69, 9.17) is 18.9 Å². The van der Waals surface area contributed by atoms with Crippen LogP contribution in [0.4, 0.5) is 4.39 Å². The van der Waals surface area contributed by atoms with E-state index in [1.54, 1.807) is 6.07 Å². The summed E-state index contributed by atoms with van der Waals surface area (Å²) in [6.45, 7) is -0.429. The average Bonchev–Trinajstić information content (AvgIpc) is 2.69. The number of benzene rings is 2. The summed E-state index contributed by atoms with van der Waals surface area (Å²) >= 11 is 0. The van der Waals surface area contributed by atoms with Crippen molar-refractivity contribution in [2.24, 2.45) is 0 Å². The van der Waals surface area contributed by atoms with Gasteiger partial charge in [0.2, 0.25) is 5.75 Å². The van der Waals surface area contributed by atoms with Gasteiger partial charge in [0.15, 0.2) is 11.5 Å². The average molecular weight is 377 g/mol. The molecule has 0 heterocycles. The summed E-state index contributed by atoms with van der Waals surface area (Å²) in [6.07, 6.45) is 0. The van der Waals surface area contributed by atoms with E-state index in [2.05, 4.69) is 5.32 Å². The Morgan fingerprint density at radius 3 is 2.22 bits per heavy atom. The molecule has 1 amide bonds. The molecule has 0 bridgehead atoms. The van der Waals surface area contributed by atoms with E-state index in [-0.39, 0.29) is 18.7 Å². The summed E-state index contributed by atoms with van der Waals surface area (Å²) in [6, 6.07) is 8.64. The standard InChI is InChI=1S/C19H20FNO6/c1-24-15-8-13(9-16(25-2)18(15)26-3)19(23)21-10-17(22)27-11-12-5-4-6-14(20)7-12/h4-9H,10-11H2,1-3H3,(H,21,23). The van der Waals surface area contributed by atoms with Gasteiger partial charge in [-0.1, -0.05) is 12.1 Å². The predicted molar refractivity (Wildman–Crippen MR) is 94.6 cm³/mol. The van der Waals surface area contributed by atoms with Crippen LogP contribution in [0, 0.1) is 5.82 Å². The van der Waals surface area contributed by atoms with Crippen LogP contribution in [0.1, 0.15) is 15.9 Å². The fraction of sp³-hybridized carbons (Fsp3) is 0.263. The molecule has 2 aromatic carbocycles. The van der Waals surface area contributed by atoms with Crippen LogP contribution in [-0.4, -0.2) is 39.8 Å². The van der Waals surface area contributed by atoms with Gasteiger partial charge in [0.25, 0.3) is 5.91 Å². The summed E-state index contributed by atoms with van der Waals surface area (Å²) in [5, 5.41) is 2.45. The molecule has 0 saturated carbocycles. The maximum Gasteiger partial charge on any atom is 0.325 e. The number of nitrogens with one attached hydrogen (secondary N) is 1. The first kappa shape index (κ1) is 20.0. The van der Waals surface area contributed by atoms with E-state index >= 15 is 0 Å². The van der Waals surface area contributed by atoms with Crippen LogP contribution >= 0.6 is 0 Å². The van der Waals surface area contributed by atoms with Gasteiger partial charge >= 0.3 is 5.97 Å². The van der Waals surface area contributed by atoms with Crippen molar-refractivity contribution in [3.05, 3.63) is 53.3 Å². The van der Waals surface area contributed by atoms with Gasteiger partial charge in [0, 0.05) is 5.56 Å². The number of carbonyl (C=O) groups is 2. The van der Waals surface area contributed by atoms with E-state index in [0.29, 0.717) is 22.8 Å². The zero-order chi connectivity index (χ0) is 19.8. The molecule has 0 aliphatic rings. The molecule has 0 aromatic heterocycles. The monoisotopic (exact) mass is 377 g/mol. The number of halogens is 1. The van der Waals surface area contributed by atoms with Crippen molar-refractivity contribution >= 4 is 11.9 Å². The Morgan fingerprint density at radius 1 is 1.00 bits per heavy atom. The summed E-state index contributed by atoms with van der Waals surface area (Å²) < 4.78 is 33.7. The highest BCUT2D eigenvalue weighted by Gasteiger charge is 2.17. The van der Waals surface area contributed by atoms with Gasteiger partial charge in [-0.25, -0.2) is 4.39 Å². The third-order valence-electron chi connectivity index (χ3n) is 3.61. The third-order valence-corrected chi connectivity index (χ3v) is 3.61. The van der Waals surface area contributed by atoms with Gasteiger partial charge < -0.3 is 24.3 Å². The van der Waals surface area contributed by atoms with Crippen molar-refractivity contribution in [2.75, 3.05) is 27.9 Å². The molecule has 0 fully saturated rings. The lowest BCUT2D eigenvalue weighted by atomic mass is 10.1. The van der Waals surface area contributed by atoms with Crippen molar-refractivity contribution in [3.8, 4) is 17.2 Å². The number of esters is 1. The molecule has 8 heteroatoms. The van der Waals surface area contributed by atoms with E-state index in [0.717, 1.165) is 0 Å². The molecule has 0 unspecified atom stereocenters. The summed E-state index contributed by atoms with van der Waals surface area (Å²) in [5.41, 5.74) is 0.738. The molecule has 0 atom stereocenters. The zero-order valence-electron chi connectivity index (χ0n) is 15.2. The van der Waals surface area contributed by atoms with Gasteiger partial charge in [0.1, 0.15) is 19.0 Å². The van der Waals surface area contributed by atoms with Gasteiger partial charge in [-0.05, 0) is 29.8 Å². The van der Waals surface area contributed by atoms with Crippen molar-refractivity contribution in [2.45, 2.75) is 6.61 Å². The van der Waals surface area contributed by atoms with E-state index in [1.165, 1.54) is 51.7 Å². The Labute approximate surface area is 156 Å². The Morgan fingerprint density at radius 2 is 1.67 bits per heavy atom. The van der Waals surface area contributed by atoms with Gasteiger partial charge in [0.05, 0.1) is 21.3 Å². The Balaban J connectivity index is 1.95. The molecule has 2 rings (SSSR count). The largest absolute Gasteiger partial charge is 0.493 e. The fourth-order valence-electron chi connectivity index (χ4n) is 2.31. The third kappa shape index (κ3) is 5.34. The predicted octanol–water partition coefficient (Wildman–Crippen LogP) is 2.32. The van der Waals surface area contributed by atoms with Crippen molar-refractivity contribution in [1.82, 2.24) is 5.32 Å². The summed E-state index contributed by atoms with van der Waals surface area (Å²) in [4.78, 5) is 24.1. The second-order valence-corrected chi connectivity index (χ2v) is 5.39. The Hall–Kier alpha value is -3.29. The topological polar surface area (TPSA) is 83.1 Å². The van der Waals surface area contributed by atoms with E-state index in [9.17, 15) is 14.0 Å². The molecule has 7 nitrogen and oxygen atoms in total. The molecule has 0 saturated heterocycles. The molecule has 0 radical (unpaired) electrons. The first-order valence-corrected chi connectivity index (χ1v) is 7.96. The Bertz CT molecular complexity index is 799. The van der Waals surface area contributed by atoms with Crippen LogP contribution in [0.5, 0.6) is 17.2 Å². The molecular weight excluding hydrogens is 357 g/mol. The van der Waals surface area contributed by atoms with Crippen LogP contribution in [0.15, 0.2) is 36.4 Å². The van der Waals surface area contributed by atoms with Gasteiger partial charge in [-0.2, -0.15) is 0 Å². The number of methoxy groups -OCH3 is 3. The lowest BCUT2D eigenvalue weighted by molar-refractivity contribution is -0.143. The second-order valence-electron chi connectivity index (χ2n) is 5.39. The fourth-order valence-corrected chi connectivity index (χ4v) is 2.31. The minimum atomic E-state index is -0.653. The van der Waals surface area contributed by atoms with Crippen LogP contribution in [-0.2, 0) is 16.1 Å². The highest BCUT2D eigenvalue weighted by Crippen LogP contribution is 2.38. The lowest BCUT2D eigenvalue weighted by Gasteiger charge is -2.14. The highest BCUT2D eigenvalue weighted by molar-refractivity contribution is 5.97. The first-order valence-electron chi connectivity index (χ1n) is 7.96. The van der Waals surface area contributed by atoms with Crippen LogP contribution < -0.4 is 19.5 Å². The molecule has 2 aromatic rings. The lowest BCUT2D eigenvalue weighted by Crippen LogP contribution is -2.30. The van der Waals surface area contributed by atoms with Crippen molar-refractivity contribution < 1.29 is 32.9 Å². The quantitative estimate of drug-likeness (QED) is 0.711. The molecule has 0 aliphatic heterocycles. The number of hydrogen-bond donors (Lipinski definition) is 1. The maximum atomic E-state index is 13.1. The van der Waals surface area contributed by atoms with E-state index < -0.39 is 17.7 Å². The SMILES string of the molecule is COc1cc(C(=O)NCC(=O)OCc2cccc(F)c2)cc(OC)c1OC. The molecular formula is C19H20FNO6. The molecule has 144 valence electrons. The highest BCUT2D eigenvalue weighted by atomic mass is 19.1. The minimum Gasteiger partial charge on any atom is -0.493 e. The van der Waals surface area contributed by atoms with Gasteiger partial charge in [-0.15, -0.1) is 0 Å². The normalized spacial score (nSPS) is 10.1. The summed E-state index contributed by atoms with van der Waals surface area (Å²) in [5.74, 6) is -0.603. The maximum absolute atomic E-state index is 13.1. The van der Waals surface area contributed by atoms with Crippen molar-refractivity contribution in [1.29, 1.82) is 0 Å². The Kier molecular flexibility index (Phi) is 6.99. The number of ether oxygens (including phenoxy) is 4. The van der Waals surface area contributed by atoms with Crippen LogP contribution in [0.2, 0.25) is 0 Å². The van der Waals surface area contributed by atoms with Crippen molar-refractivity contribution in [3.63, 3.8) is 0 Å². The molecule has 27 heavy (non-hydrogen) atoms. The van der Waals surface area contributed by atoms with E-state index in [1.807, 2.05) is 0 Å². The summed E-state index contributed by atoms with van der Waals surface area (Å²) in [7, 11) is 4.32. The first-order chi connectivity index (χ1) is 13.0. The van der Waals surface area contributed by atoms with Crippen LogP contribution in [0.25, 0.3) is 0 Å². The number of rotatable bonds is 8. The smallest absolute Gasteiger partial charge is 0.325 e. The van der Waals surface area contributed by atoms with Gasteiger partial charge in [-0.3, -0.25) is 9.59 Å². The number of amides is 1.